The molecule has 1 aromatic carbocycles. The van der Waals surface area contributed by atoms with E-state index in [1.165, 1.54) is 11.1 Å². The molecule has 0 aliphatic carbocycles. The summed E-state index contributed by atoms with van der Waals surface area (Å²) in [7, 11) is 1.93. The largest absolute Gasteiger partial charge is 0.316 e. The van der Waals surface area contributed by atoms with Crippen LogP contribution in [0, 0.1) is 6.92 Å². The summed E-state index contributed by atoms with van der Waals surface area (Å²) >= 11 is 0. The van der Waals surface area contributed by atoms with Crippen LogP contribution in [0.1, 0.15) is 11.1 Å². The lowest BCUT2D eigenvalue weighted by atomic mass is 10.2. The fourth-order valence-electron chi connectivity index (χ4n) is 1.57. The van der Waals surface area contributed by atoms with Crippen LogP contribution in [0.15, 0.2) is 36.7 Å². The number of benzene rings is 1. The second-order valence-corrected chi connectivity index (χ2v) is 3.66. The zero-order valence-corrected chi connectivity index (χ0v) is 10.3. The van der Waals surface area contributed by atoms with Gasteiger partial charge in [0.1, 0.15) is 0 Å². The van der Waals surface area contributed by atoms with E-state index in [0.717, 1.165) is 12.2 Å². The summed E-state index contributed by atoms with van der Waals surface area (Å²) in [6, 6.07) is 8.31. The first-order valence-corrected chi connectivity index (χ1v) is 5.05. The van der Waals surface area contributed by atoms with Crippen LogP contribution in [0.2, 0.25) is 0 Å². The van der Waals surface area contributed by atoms with Gasteiger partial charge in [0.15, 0.2) is 0 Å². The van der Waals surface area contributed by atoms with Crippen molar-refractivity contribution in [3.05, 3.63) is 47.8 Å². The first-order chi connectivity index (χ1) is 7.29. The molecule has 3 nitrogen and oxygen atoms in total. The second-order valence-electron chi connectivity index (χ2n) is 3.66. The average Bonchev–Trinajstić information content (AvgIpc) is 2.67. The van der Waals surface area contributed by atoms with Crippen molar-refractivity contribution in [1.82, 2.24) is 15.1 Å². The monoisotopic (exact) mass is 237 g/mol. The molecule has 0 aliphatic heterocycles. The zero-order chi connectivity index (χ0) is 10.7. The maximum atomic E-state index is 4.32. The minimum absolute atomic E-state index is 0. The molecule has 0 spiro atoms. The Labute approximate surface area is 102 Å². The number of hydrogen-bond donors (Lipinski definition) is 1. The van der Waals surface area contributed by atoms with Gasteiger partial charge in [-0.05, 0) is 31.7 Å². The third-order valence-corrected chi connectivity index (χ3v) is 2.28. The Kier molecular flexibility index (Phi) is 4.52. The lowest BCUT2D eigenvalue weighted by Crippen LogP contribution is -2.03. The summed E-state index contributed by atoms with van der Waals surface area (Å²) < 4.78 is 1.90. The van der Waals surface area contributed by atoms with E-state index in [-0.39, 0.29) is 12.4 Å². The summed E-state index contributed by atoms with van der Waals surface area (Å²) in [6.07, 6.45) is 3.93. The summed E-state index contributed by atoms with van der Waals surface area (Å²) in [6.45, 7) is 2.94. The van der Waals surface area contributed by atoms with E-state index in [1.54, 1.807) is 0 Å². The molecule has 0 amide bonds. The highest BCUT2D eigenvalue weighted by Gasteiger charge is 1.99. The molecule has 0 saturated carbocycles. The van der Waals surface area contributed by atoms with E-state index < -0.39 is 0 Å². The molecule has 16 heavy (non-hydrogen) atoms. The number of aryl methyl sites for hydroxylation is 1. The van der Waals surface area contributed by atoms with Gasteiger partial charge in [-0.1, -0.05) is 12.1 Å². The van der Waals surface area contributed by atoms with Gasteiger partial charge in [-0.2, -0.15) is 5.10 Å². The number of rotatable bonds is 3. The minimum Gasteiger partial charge on any atom is -0.316 e. The van der Waals surface area contributed by atoms with Crippen LogP contribution < -0.4 is 5.32 Å². The fraction of sp³-hybridized carbons (Fsp3) is 0.250. The summed E-state index contributed by atoms with van der Waals surface area (Å²) in [5, 5.41) is 7.43. The van der Waals surface area contributed by atoms with Crippen molar-refractivity contribution in [3.8, 4) is 5.69 Å². The Bertz CT molecular complexity index is 451. The Morgan fingerprint density at radius 2 is 2.19 bits per heavy atom. The van der Waals surface area contributed by atoms with Crippen LogP contribution in [-0.2, 0) is 6.54 Å². The van der Waals surface area contributed by atoms with Crippen molar-refractivity contribution in [2.24, 2.45) is 0 Å². The number of halogens is 1. The predicted molar refractivity (Wildman–Crippen MR) is 68.3 cm³/mol. The van der Waals surface area contributed by atoms with Gasteiger partial charge in [0.2, 0.25) is 0 Å². The molecule has 1 N–H and O–H groups in total. The van der Waals surface area contributed by atoms with Gasteiger partial charge in [-0.3, -0.25) is 0 Å². The zero-order valence-electron chi connectivity index (χ0n) is 9.47. The van der Waals surface area contributed by atoms with Crippen LogP contribution in [-0.4, -0.2) is 16.8 Å². The lowest BCUT2D eigenvalue weighted by molar-refractivity contribution is 0.816. The SMILES string of the molecule is CNCc1cnn(-c2cccc(C)c2)c1.Cl. The van der Waals surface area contributed by atoms with Crippen molar-refractivity contribution >= 4 is 12.4 Å². The van der Waals surface area contributed by atoms with Crippen molar-refractivity contribution in [2.45, 2.75) is 13.5 Å². The fourth-order valence-corrected chi connectivity index (χ4v) is 1.57. The molecule has 0 bridgehead atoms. The van der Waals surface area contributed by atoms with Gasteiger partial charge in [0, 0.05) is 18.3 Å². The molecule has 0 saturated heterocycles. The molecule has 2 rings (SSSR count). The summed E-state index contributed by atoms with van der Waals surface area (Å²) in [5.74, 6) is 0. The van der Waals surface area contributed by atoms with Crippen LogP contribution in [0.3, 0.4) is 0 Å². The van der Waals surface area contributed by atoms with Crippen LogP contribution in [0.25, 0.3) is 5.69 Å². The van der Waals surface area contributed by atoms with Crippen molar-refractivity contribution in [1.29, 1.82) is 0 Å². The van der Waals surface area contributed by atoms with Gasteiger partial charge in [-0.15, -0.1) is 12.4 Å². The molecular weight excluding hydrogens is 222 g/mol. The third kappa shape index (κ3) is 2.84. The quantitative estimate of drug-likeness (QED) is 0.888. The summed E-state index contributed by atoms with van der Waals surface area (Å²) in [4.78, 5) is 0. The molecule has 2 aromatic rings. The maximum Gasteiger partial charge on any atom is 0.0648 e. The number of nitrogens with one attached hydrogen (secondary N) is 1. The van der Waals surface area contributed by atoms with E-state index in [0.29, 0.717) is 0 Å². The summed E-state index contributed by atoms with van der Waals surface area (Å²) in [5.41, 5.74) is 3.55. The molecule has 4 heteroatoms. The highest BCUT2D eigenvalue weighted by atomic mass is 35.5. The maximum absolute atomic E-state index is 4.32. The topological polar surface area (TPSA) is 29.9 Å². The Morgan fingerprint density at radius 3 is 2.88 bits per heavy atom. The number of nitrogens with zero attached hydrogens (tertiary/aromatic N) is 2. The first-order valence-electron chi connectivity index (χ1n) is 5.05. The minimum atomic E-state index is 0. The smallest absolute Gasteiger partial charge is 0.0648 e. The van der Waals surface area contributed by atoms with Crippen molar-refractivity contribution in [3.63, 3.8) is 0 Å². The second kappa shape index (κ2) is 5.68. The Morgan fingerprint density at radius 1 is 1.38 bits per heavy atom. The highest BCUT2D eigenvalue weighted by Crippen LogP contribution is 2.10. The van der Waals surface area contributed by atoms with E-state index in [4.69, 9.17) is 0 Å². The van der Waals surface area contributed by atoms with E-state index >= 15 is 0 Å². The van der Waals surface area contributed by atoms with E-state index in [1.807, 2.05) is 30.2 Å². The number of hydrogen-bond acceptors (Lipinski definition) is 2. The van der Waals surface area contributed by atoms with Crippen LogP contribution >= 0.6 is 12.4 Å². The van der Waals surface area contributed by atoms with Gasteiger partial charge < -0.3 is 5.32 Å². The normalized spacial score (nSPS) is 9.88. The van der Waals surface area contributed by atoms with Gasteiger partial charge in [0.25, 0.3) is 0 Å². The Balaban J connectivity index is 0.00000128. The predicted octanol–water partition coefficient (Wildman–Crippen LogP) is 2.32. The van der Waals surface area contributed by atoms with Crippen molar-refractivity contribution < 1.29 is 0 Å². The Hall–Kier alpha value is -1.32. The first kappa shape index (κ1) is 12.7. The molecule has 86 valence electrons. The third-order valence-electron chi connectivity index (χ3n) is 2.28. The van der Waals surface area contributed by atoms with Crippen molar-refractivity contribution in [2.75, 3.05) is 7.05 Å². The van der Waals surface area contributed by atoms with Gasteiger partial charge >= 0.3 is 0 Å². The molecule has 0 radical (unpaired) electrons. The van der Waals surface area contributed by atoms with E-state index in [2.05, 4.69) is 35.5 Å². The molecule has 0 aliphatic rings. The molecular formula is C12H16ClN3. The molecule has 0 fully saturated rings. The standard InChI is InChI=1S/C12H15N3.ClH/c1-10-4-3-5-12(6-10)15-9-11(7-13-2)8-14-15;/h3-6,8-9,13H,7H2,1-2H3;1H. The molecule has 0 atom stereocenters. The number of aromatic nitrogens is 2. The van der Waals surface area contributed by atoms with Gasteiger partial charge in [0.05, 0.1) is 11.9 Å². The van der Waals surface area contributed by atoms with Crippen LogP contribution in [0.4, 0.5) is 0 Å². The molecule has 1 aromatic heterocycles. The highest BCUT2D eigenvalue weighted by molar-refractivity contribution is 5.85. The molecule has 1 heterocycles. The van der Waals surface area contributed by atoms with Crippen LogP contribution in [0.5, 0.6) is 0 Å². The van der Waals surface area contributed by atoms with E-state index in [9.17, 15) is 0 Å². The average molecular weight is 238 g/mol. The van der Waals surface area contributed by atoms with Gasteiger partial charge in [-0.25, -0.2) is 4.68 Å². The lowest BCUT2D eigenvalue weighted by Gasteiger charge is -2.01. The molecule has 0 unspecified atom stereocenters.